The summed E-state index contributed by atoms with van der Waals surface area (Å²) in [6.45, 7) is 30.9. The molecule has 4 nitrogen and oxygen atoms in total. The predicted molar refractivity (Wildman–Crippen MR) is 145 cm³/mol. The van der Waals surface area contributed by atoms with Crippen LogP contribution in [-0.2, 0) is 9.32 Å². The summed E-state index contributed by atoms with van der Waals surface area (Å²) in [6.07, 6.45) is 0. The first-order valence-electron chi connectivity index (χ1n) is 11.8. The quantitative estimate of drug-likeness (QED) is 0.230. The second-order valence-corrected chi connectivity index (χ2v) is 15.4. The van der Waals surface area contributed by atoms with Crippen LogP contribution in [0, 0.1) is 5.92 Å². The number of thioether (sulfide) groups is 2. The summed E-state index contributed by atoms with van der Waals surface area (Å²) in [5.41, 5.74) is -0.261. The fourth-order valence-electron chi connectivity index (χ4n) is 3.41. The van der Waals surface area contributed by atoms with Crippen molar-refractivity contribution < 1.29 is 9.32 Å². The van der Waals surface area contributed by atoms with Crippen LogP contribution in [0.4, 0.5) is 0 Å². The number of rotatable bonds is 14. The maximum atomic E-state index is 12.2. The van der Waals surface area contributed by atoms with Gasteiger partial charge in [-0.25, -0.2) is 9.34 Å². The van der Waals surface area contributed by atoms with Gasteiger partial charge in [-0.1, -0.05) is 25.6 Å². The summed E-state index contributed by atoms with van der Waals surface area (Å²) in [5.74, 6) is 1.91. The molecule has 0 fully saturated rings. The second kappa shape index (κ2) is 13.5. The van der Waals surface area contributed by atoms with E-state index in [2.05, 4.69) is 92.4 Å². The van der Waals surface area contributed by atoms with Crippen molar-refractivity contribution in [3.8, 4) is 0 Å². The van der Waals surface area contributed by atoms with E-state index in [-0.39, 0.29) is 21.4 Å². The van der Waals surface area contributed by atoms with Crippen LogP contribution < -0.4 is 0 Å². The van der Waals surface area contributed by atoms with Gasteiger partial charge >= 0.3 is 0 Å². The summed E-state index contributed by atoms with van der Waals surface area (Å²) in [6, 6.07) is 1.64. The normalized spacial score (nSPS) is 14.0. The molecule has 0 unspecified atom stereocenters. The van der Waals surface area contributed by atoms with Crippen LogP contribution in [0.3, 0.4) is 0 Å². The molecule has 0 spiro atoms. The minimum absolute atomic E-state index is 0.0728. The molecule has 0 heterocycles. The summed E-state index contributed by atoms with van der Waals surface area (Å²) in [4.78, 5) is 12.2. The number of hydrogen-bond acceptors (Lipinski definition) is 6. The molecule has 0 aliphatic carbocycles. The fourth-order valence-corrected chi connectivity index (χ4v) is 8.42. The molecule has 186 valence electrons. The van der Waals surface area contributed by atoms with E-state index in [9.17, 15) is 4.79 Å². The molecule has 0 radical (unpaired) electrons. The number of nitrogens with zero attached hydrogens (tertiary/aromatic N) is 2. The van der Waals surface area contributed by atoms with Crippen molar-refractivity contribution in [2.24, 2.45) is 5.92 Å². The van der Waals surface area contributed by atoms with E-state index in [1.807, 2.05) is 25.6 Å². The van der Waals surface area contributed by atoms with Gasteiger partial charge in [0, 0.05) is 46.3 Å². The van der Waals surface area contributed by atoms with Crippen LogP contribution in [0.2, 0.25) is 0 Å². The number of carbonyl (C=O) groups is 1. The SMILES string of the molecule is CC(C)C(=O)SC(C)(C)CSCC(C)(C)OP(N(C(C)C)C(C)C)N(C(C)C)C(C)C. The van der Waals surface area contributed by atoms with Gasteiger partial charge < -0.3 is 4.52 Å². The lowest BCUT2D eigenvalue weighted by Gasteiger charge is -2.48. The Labute approximate surface area is 204 Å². The predicted octanol–water partition coefficient (Wildman–Crippen LogP) is 7.67. The lowest BCUT2D eigenvalue weighted by molar-refractivity contribution is -0.113. The van der Waals surface area contributed by atoms with E-state index in [4.69, 9.17) is 4.52 Å². The van der Waals surface area contributed by atoms with Gasteiger partial charge in [0.1, 0.15) is 0 Å². The summed E-state index contributed by atoms with van der Waals surface area (Å²) >= 11 is 3.38. The third kappa shape index (κ3) is 11.6. The molecule has 7 heteroatoms. The molecule has 0 bridgehead atoms. The van der Waals surface area contributed by atoms with Crippen LogP contribution in [-0.4, -0.2) is 60.5 Å². The van der Waals surface area contributed by atoms with Crippen molar-refractivity contribution in [2.75, 3.05) is 11.5 Å². The third-order valence-electron chi connectivity index (χ3n) is 4.59. The van der Waals surface area contributed by atoms with Crippen molar-refractivity contribution in [1.82, 2.24) is 9.34 Å². The molecule has 0 saturated heterocycles. The van der Waals surface area contributed by atoms with Gasteiger partial charge in [0.15, 0.2) is 13.6 Å². The molecule has 0 saturated carbocycles. The highest BCUT2D eigenvalue weighted by molar-refractivity contribution is 8.15. The van der Waals surface area contributed by atoms with E-state index in [0.717, 1.165) is 11.5 Å². The molecule has 0 aromatic carbocycles. The van der Waals surface area contributed by atoms with Gasteiger partial charge in [0.2, 0.25) is 0 Å². The zero-order chi connectivity index (χ0) is 24.7. The Morgan fingerprint density at radius 2 is 1.16 bits per heavy atom. The summed E-state index contributed by atoms with van der Waals surface area (Å²) < 4.78 is 12.0. The largest absolute Gasteiger partial charge is 0.324 e. The molecule has 0 amide bonds. The standard InChI is InChI=1S/C24H51N2O2PS2/c1-17(2)22(27)31-24(13,14)16-30-15-23(11,12)28-29(25(18(3)4)19(5)6)26(20(7)8)21(9)10/h17-21H,15-16H2,1-14H3. The Kier molecular flexibility index (Phi) is 13.8. The highest BCUT2D eigenvalue weighted by Crippen LogP contribution is 2.53. The molecule has 0 aliphatic heterocycles. The summed E-state index contributed by atoms with van der Waals surface area (Å²) in [5, 5.41) is 0.277. The first kappa shape index (κ1) is 31.7. The smallest absolute Gasteiger partial charge is 0.192 e. The highest BCUT2D eigenvalue weighted by Gasteiger charge is 2.38. The van der Waals surface area contributed by atoms with E-state index in [0.29, 0.717) is 24.2 Å². The third-order valence-corrected chi connectivity index (χ3v) is 11.3. The van der Waals surface area contributed by atoms with Crippen molar-refractivity contribution in [2.45, 2.75) is 131 Å². The average Bonchev–Trinajstić information content (AvgIpc) is 2.51. The molecular formula is C24H51N2O2PS2. The molecule has 0 aromatic rings. The summed E-state index contributed by atoms with van der Waals surface area (Å²) in [7, 11) is -0.907. The van der Waals surface area contributed by atoms with Gasteiger partial charge in [-0.15, -0.1) is 0 Å². The zero-order valence-electron chi connectivity index (χ0n) is 22.8. The van der Waals surface area contributed by atoms with Gasteiger partial charge in [-0.3, -0.25) is 4.79 Å². The minimum Gasteiger partial charge on any atom is -0.324 e. The van der Waals surface area contributed by atoms with E-state index in [1.165, 1.54) is 11.8 Å². The minimum atomic E-state index is -0.907. The molecule has 31 heavy (non-hydrogen) atoms. The number of carbonyl (C=O) groups excluding carboxylic acids is 1. The Bertz CT molecular complexity index is 502. The highest BCUT2D eigenvalue weighted by atomic mass is 32.2. The monoisotopic (exact) mass is 494 g/mol. The topological polar surface area (TPSA) is 32.8 Å². The Balaban J connectivity index is 5.42. The average molecular weight is 495 g/mol. The lowest BCUT2D eigenvalue weighted by Crippen LogP contribution is -2.45. The van der Waals surface area contributed by atoms with Crippen molar-refractivity contribution >= 4 is 37.1 Å². The molecule has 0 N–H and O–H groups in total. The molecule has 0 aliphatic rings. The zero-order valence-corrected chi connectivity index (χ0v) is 25.3. The van der Waals surface area contributed by atoms with Gasteiger partial charge in [0.05, 0.1) is 5.60 Å². The van der Waals surface area contributed by atoms with Crippen LogP contribution in [0.5, 0.6) is 0 Å². The van der Waals surface area contributed by atoms with Crippen molar-refractivity contribution in [3.63, 3.8) is 0 Å². The molecule has 0 rings (SSSR count). The van der Waals surface area contributed by atoms with E-state index >= 15 is 0 Å². The van der Waals surface area contributed by atoms with Crippen molar-refractivity contribution in [3.05, 3.63) is 0 Å². The van der Waals surface area contributed by atoms with E-state index in [1.54, 1.807) is 0 Å². The van der Waals surface area contributed by atoms with Crippen LogP contribution in [0.25, 0.3) is 0 Å². The second-order valence-electron chi connectivity index (χ2n) is 11.1. The Morgan fingerprint density at radius 3 is 1.48 bits per heavy atom. The maximum Gasteiger partial charge on any atom is 0.192 e. The molecule has 0 atom stereocenters. The van der Waals surface area contributed by atoms with E-state index < -0.39 is 8.45 Å². The molecule has 0 aromatic heterocycles. The lowest BCUT2D eigenvalue weighted by atomic mass is 10.2. The maximum absolute atomic E-state index is 12.2. The number of hydrogen-bond donors (Lipinski definition) is 0. The van der Waals surface area contributed by atoms with Gasteiger partial charge in [0.25, 0.3) is 0 Å². The first-order chi connectivity index (χ1) is 13.9. The fraction of sp³-hybridized carbons (Fsp3) is 0.958. The van der Waals surface area contributed by atoms with Gasteiger partial charge in [-0.2, -0.15) is 11.8 Å². The van der Waals surface area contributed by atoms with Crippen molar-refractivity contribution in [1.29, 1.82) is 0 Å². The van der Waals surface area contributed by atoms with Crippen LogP contribution in [0.1, 0.15) is 96.9 Å². The van der Waals surface area contributed by atoms with Crippen LogP contribution in [0.15, 0.2) is 0 Å². The molecular weight excluding hydrogens is 443 g/mol. The van der Waals surface area contributed by atoms with Gasteiger partial charge in [-0.05, 0) is 83.1 Å². The Hall–Kier alpha value is 0.680. The van der Waals surface area contributed by atoms with Crippen LogP contribution >= 0.6 is 32.0 Å². The first-order valence-corrected chi connectivity index (χ1v) is 14.9. The Morgan fingerprint density at radius 1 is 0.774 bits per heavy atom.